The summed E-state index contributed by atoms with van der Waals surface area (Å²) in [7, 11) is 0.206. The van der Waals surface area contributed by atoms with Crippen LogP contribution in [0, 0.1) is 5.92 Å². The lowest BCUT2D eigenvalue weighted by Crippen LogP contribution is -2.22. The second-order valence-electron chi connectivity index (χ2n) is 11.8. The van der Waals surface area contributed by atoms with Crippen LogP contribution in [0.2, 0.25) is 25.7 Å². The van der Waals surface area contributed by atoms with Gasteiger partial charge in [-0.15, -0.1) is 0 Å². The molecule has 1 aliphatic rings. The molecule has 0 saturated heterocycles. The van der Waals surface area contributed by atoms with Crippen molar-refractivity contribution in [1.82, 2.24) is 14.5 Å². The first-order valence-electron chi connectivity index (χ1n) is 13.9. The molecular weight excluding hydrogens is 537 g/mol. The molecule has 0 aliphatic heterocycles. The first-order chi connectivity index (χ1) is 18.9. The second kappa shape index (κ2) is 12.3. The van der Waals surface area contributed by atoms with Gasteiger partial charge in [0.25, 0.3) is 5.91 Å². The van der Waals surface area contributed by atoms with Crippen LogP contribution in [0.5, 0.6) is 5.75 Å². The zero-order chi connectivity index (χ0) is 29.1. The number of rotatable bonds is 10. The molecule has 0 spiro atoms. The maximum Gasteiger partial charge on any atom is 0.433 e. The minimum Gasteiger partial charge on any atom is -0.494 e. The van der Waals surface area contributed by atoms with E-state index in [1.54, 1.807) is 12.1 Å². The molecule has 1 amide bonds. The van der Waals surface area contributed by atoms with Crippen molar-refractivity contribution in [2.75, 3.05) is 19.0 Å². The van der Waals surface area contributed by atoms with Crippen molar-refractivity contribution in [3.63, 3.8) is 0 Å². The number of benzene rings is 1. The number of nitrogens with one attached hydrogen (secondary N) is 1. The molecule has 2 heterocycles. The Morgan fingerprint density at radius 1 is 1.12 bits per heavy atom. The van der Waals surface area contributed by atoms with E-state index in [4.69, 9.17) is 14.5 Å². The fraction of sp³-hybridized carbons (Fsp3) is 0.552. The number of imidazole rings is 1. The van der Waals surface area contributed by atoms with E-state index in [1.807, 2.05) is 0 Å². The van der Waals surface area contributed by atoms with Gasteiger partial charge in [0.1, 0.15) is 29.7 Å². The van der Waals surface area contributed by atoms with E-state index < -0.39 is 25.9 Å². The van der Waals surface area contributed by atoms with Crippen LogP contribution in [0.25, 0.3) is 11.0 Å². The lowest BCUT2D eigenvalue weighted by Gasteiger charge is -2.28. The largest absolute Gasteiger partial charge is 0.494 e. The number of amides is 1. The number of alkyl halides is 3. The second-order valence-corrected chi connectivity index (χ2v) is 17.4. The van der Waals surface area contributed by atoms with Crippen LogP contribution in [0.4, 0.5) is 18.9 Å². The summed E-state index contributed by atoms with van der Waals surface area (Å²) in [5.74, 6) is 1.60. The van der Waals surface area contributed by atoms with Crippen LogP contribution < -0.4 is 10.1 Å². The number of hydrogen-bond acceptors (Lipinski definition) is 5. The molecule has 1 aliphatic carbocycles. The molecule has 1 saturated carbocycles. The number of hydrogen-bond donors (Lipinski definition) is 1. The fourth-order valence-corrected chi connectivity index (χ4v) is 5.91. The molecule has 218 valence electrons. The van der Waals surface area contributed by atoms with Gasteiger partial charge < -0.3 is 19.4 Å². The topological polar surface area (TPSA) is 78.3 Å². The summed E-state index contributed by atoms with van der Waals surface area (Å²) in [5, 5.41) is 2.69. The number of aromatic nitrogens is 3. The van der Waals surface area contributed by atoms with Crippen molar-refractivity contribution in [2.24, 2.45) is 5.92 Å². The highest BCUT2D eigenvalue weighted by Gasteiger charge is 2.33. The summed E-state index contributed by atoms with van der Waals surface area (Å²) in [4.78, 5) is 21.5. The molecule has 11 heteroatoms. The molecule has 7 nitrogen and oxygen atoms in total. The van der Waals surface area contributed by atoms with Crippen molar-refractivity contribution >= 4 is 30.7 Å². The number of carbonyl (C=O) groups is 1. The lowest BCUT2D eigenvalue weighted by molar-refractivity contribution is -0.141. The number of ether oxygens (including phenoxy) is 2. The van der Waals surface area contributed by atoms with Gasteiger partial charge in [-0.05, 0) is 55.8 Å². The van der Waals surface area contributed by atoms with E-state index >= 15 is 0 Å². The Balaban J connectivity index is 1.67. The average molecular weight is 577 g/mol. The third kappa shape index (κ3) is 7.23. The first kappa shape index (κ1) is 30.0. The molecule has 40 heavy (non-hydrogen) atoms. The van der Waals surface area contributed by atoms with Crippen molar-refractivity contribution in [3.8, 4) is 5.75 Å². The summed E-state index contributed by atoms with van der Waals surface area (Å²) in [6.45, 7) is 10.1. The predicted octanol–water partition coefficient (Wildman–Crippen LogP) is 7.71. The normalized spacial score (nSPS) is 18.2. The predicted molar refractivity (Wildman–Crippen MR) is 153 cm³/mol. The van der Waals surface area contributed by atoms with E-state index in [0.29, 0.717) is 36.2 Å². The molecule has 0 unspecified atom stereocenters. The van der Waals surface area contributed by atoms with Gasteiger partial charge in [0, 0.05) is 26.7 Å². The molecule has 0 radical (unpaired) electrons. The van der Waals surface area contributed by atoms with Gasteiger partial charge in [0.2, 0.25) is 0 Å². The Hall–Kier alpha value is -2.92. The highest BCUT2D eigenvalue weighted by Crippen LogP contribution is 2.39. The number of carbonyl (C=O) groups excluding carboxylic acids is 1. The van der Waals surface area contributed by atoms with Gasteiger partial charge in [0.05, 0.1) is 23.8 Å². The zero-order valence-corrected chi connectivity index (χ0v) is 24.9. The van der Waals surface area contributed by atoms with Crippen molar-refractivity contribution in [3.05, 3.63) is 47.5 Å². The van der Waals surface area contributed by atoms with Gasteiger partial charge in [-0.25, -0.2) is 9.97 Å². The first-order valence-corrected chi connectivity index (χ1v) is 17.6. The summed E-state index contributed by atoms with van der Waals surface area (Å²) in [6.07, 6.45) is 0.966. The van der Waals surface area contributed by atoms with Gasteiger partial charge in [-0.3, -0.25) is 4.79 Å². The lowest BCUT2D eigenvalue weighted by atomic mass is 9.80. The molecule has 4 rings (SSSR count). The quantitative estimate of drug-likeness (QED) is 0.198. The number of anilines is 1. The maximum atomic E-state index is 13.2. The highest BCUT2D eigenvalue weighted by atomic mass is 28.3. The van der Waals surface area contributed by atoms with Gasteiger partial charge in [0.15, 0.2) is 0 Å². The van der Waals surface area contributed by atoms with Crippen LogP contribution in [-0.2, 0) is 17.6 Å². The Kier molecular flexibility index (Phi) is 9.24. The summed E-state index contributed by atoms with van der Waals surface area (Å²) in [5.41, 5.74) is 0.345. The smallest absolute Gasteiger partial charge is 0.433 e. The molecular formula is C29H39F3N4O3Si. The minimum absolute atomic E-state index is 0.300. The average Bonchev–Trinajstić information content (AvgIpc) is 3.26. The Bertz CT molecular complexity index is 1330. The van der Waals surface area contributed by atoms with Crippen LogP contribution in [0.3, 0.4) is 0 Å². The maximum absolute atomic E-state index is 13.2. The van der Waals surface area contributed by atoms with E-state index in [0.717, 1.165) is 61.1 Å². The minimum atomic E-state index is -4.65. The van der Waals surface area contributed by atoms with Crippen LogP contribution in [0.15, 0.2) is 30.3 Å². The van der Waals surface area contributed by atoms with E-state index in [1.165, 1.54) is 19.6 Å². The summed E-state index contributed by atoms with van der Waals surface area (Å²) in [6, 6.07) is 7.80. The third-order valence-corrected chi connectivity index (χ3v) is 9.33. The highest BCUT2D eigenvalue weighted by molar-refractivity contribution is 6.76. The summed E-state index contributed by atoms with van der Waals surface area (Å²) >= 11 is 0. The monoisotopic (exact) mass is 576 g/mol. The van der Waals surface area contributed by atoms with Gasteiger partial charge in [-0.1, -0.05) is 39.1 Å². The molecule has 0 bridgehead atoms. The number of methoxy groups -OCH3 is 1. The number of halogens is 3. The summed E-state index contributed by atoms with van der Waals surface area (Å²) < 4.78 is 53.2. The molecule has 0 atom stereocenters. The molecule has 1 N–H and O–H groups in total. The Morgan fingerprint density at radius 2 is 1.85 bits per heavy atom. The SMILES string of the molecule is CC[C@H]1CC[C@H](c2nc3cc(OC)c(NC(=O)c4cccc(C(F)(F)F)n4)cc3n2COCC[Si](C)(C)C)CC1. The Labute approximate surface area is 234 Å². The molecule has 1 fully saturated rings. The van der Waals surface area contributed by atoms with E-state index in [-0.39, 0.29) is 5.69 Å². The molecule has 2 aromatic heterocycles. The van der Waals surface area contributed by atoms with Crippen molar-refractivity contribution in [2.45, 2.75) is 83.5 Å². The van der Waals surface area contributed by atoms with Crippen LogP contribution in [-0.4, -0.2) is 42.2 Å². The van der Waals surface area contributed by atoms with Crippen molar-refractivity contribution < 1.29 is 27.4 Å². The van der Waals surface area contributed by atoms with Crippen LogP contribution >= 0.6 is 0 Å². The fourth-order valence-electron chi connectivity index (χ4n) is 5.15. The Morgan fingerprint density at radius 3 is 2.48 bits per heavy atom. The van der Waals surface area contributed by atoms with E-state index in [9.17, 15) is 18.0 Å². The molecule has 3 aromatic rings. The molecule has 1 aromatic carbocycles. The number of pyridine rings is 1. The third-order valence-electron chi connectivity index (χ3n) is 7.63. The zero-order valence-electron chi connectivity index (χ0n) is 23.9. The standard InChI is InChI=1S/C29H39F3N4O3Si/c1-6-19-10-12-20(13-11-19)27-34-22-17-25(38-2)23(16-24(22)36(27)18-39-14-15-40(3,4)5)35-28(37)21-8-7-9-26(33-21)29(30,31)32/h7-9,16-17,19-20H,6,10-15,18H2,1-5H3,(H,35,37)/t19-,20-. The van der Waals surface area contributed by atoms with Gasteiger partial charge in [-0.2, -0.15) is 13.2 Å². The number of fused-ring (bicyclic) bond motifs is 1. The van der Waals surface area contributed by atoms with Crippen molar-refractivity contribution in [1.29, 1.82) is 0 Å². The van der Waals surface area contributed by atoms with E-state index in [2.05, 4.69) is 41.4 Å². The van der Waals surface area contributed by atoms with Crippen LogP contribution in [0.1, 0.15) is 67.0 Å². The number of nitrogens with zero attached hydrogens (tertiary/aromatic N) is 3. The van der Waals surface area contributed by atoms with Gasteiger partial charge >= 0.3 is 6.18 Å².